The Labute approximate surface area is 112 Å². The fraction of sp³-hybridized carbons (Fsp3) is 0.125. The van der Waals surface area contributed by atoms with Crippen LogP contribution < -0.4 is 9.47 Å². The van der Waals surface area contributed by atoms with Crippen LogP contribution in [0.3, 0.4) is 0 Å². The molecule has 19 heavy (non-hydrogen) atoms. The molecule has 0 aliphatic carbocycles. The molecule has 0 radical (unpaired) electrons. The first kappa shape index (κ1) is 13.0. The molecule has 2 rings (SSSR count). The number of hydrogen-bond acceptors (Lipinski definition) is 3. The van der Waals surface area contributed by atoms with Gasteiger partial charge in [0.1, 0.15) is 5.76 Å². The Morgan fingerprint density at radius 1 is 1.00 bits per heavy atom. The van der Waals surface area contributed by atoms with E-state index in [-0.39, 0.29) is 5.76 Å². The van der Waals surface area contributed by atoms with Crippen LogP contribution in [0.1, 0.15) is 11.7 Å². The highest BCUT2D eigenvalue weighted by atomic mass is 16.5. The number of ether oxygens (including phenoxy) is 2. The lowest BCUT2D eigenvalue weighted by Gasteiger charge is -2.19. The van der Waals surface area contributed by atoms with Crippen molar-refractivity contribution in [3.05, 3.63) is 72.5 Å². The van der Waals surface area contributed by atoms with Gasteiger partial charge in [-0.3, -0.25) is 0 Å². The van der Waals surface area contributed by atoms with Crippen LogP contribution in [-0.2, 0) is 0 Å². The van der Waals surface area contributed by atoms with Crippen LogP contribution in [0.2, 0.25) is 0 Å². The molecule has 0 spiro atoms. The van der Waals surface area contributed by atoms with Crippen LogP contribution in [0.15, 0.2) is 66.9 Å². The average molecular weight is 256 g/mol. The Balaban J connectivity index is 2.30. The lowest BCUT2D eigenvalue weighted by Crippen LogP contribution is -2.10. The van der Waals surface area contributed by atoms with Gasteiger partial charge in [-0.25, -0.2) is 0 Å². The fourth-order valence-electron chi connectivity index (χ4n) is 1.80. The van der Waals surface area contributed by atoms with Crippen LogP contribution in [-0.4, -0.2) is 12.2 Å². The Morgan fingerprint density at radius 3 is 2.16 bits per heavy atom. The molecule has 0 aliphatic rings. The maximum atomic E-state index is 9.73. The molecule has 0 aliphatic heterocycles. The highest BCUT2D eigenvalue weighted by Crippen LogP contribution is 2.32. The summed E-state index contributed by atoms with van der Waals surface area (Å²) in [6, 6.07) is 16.7. The highest BCUT2D eigenvalue weighted by Gasteiger charge is 2.18. The van der Waals surface area contributed by atoms with Crippen molar-refractivity contribution in [2.45, 2.75) is 6.10 Å². The number of hydrogen-bond donors (Lipinski definition) is 1. The van der Waals surface area contributed by atoms with Gasteiger partial charge in [0, 0.05) is 0 Å². The minimum Gasteiger partial charge on any atom is -0.509 e. The van der Waals surface area contributed by atoms with Gasteiger partial charge in [-0.15, -0.1) is 0 Å². The zero-order valence-corrected chi connectivity index (χ0v) is 10.7. The molecule has 3 nitrogen and oxygen atoms in total. The number of aliphatic hydroxyl groups excluding tert-OH is 1. The molecule has 2 aromatic carbocycles. The Bertz CT molecular complexity index is 549. The van der Waals surface area contributed by atoms with E-state index in [4.69, 9.17) is 9.47 Å². The number of rotatable bonds is 5. The standard InChI is InChI=1S/C16H16O3/c1-12(17)16(13-8-4-3-5-9-13)19-15-11-7-6-10-14(15)18-2/h3-11,16-17H,1H2,2H3. The molecule has 0 amide bonds. The molecular formula is C16H16O3. The number of aliphatic hydroxyl groups is 1. The van der Waals surface area contributed by atoms with Crippen molar-refractivity contribution in [1.29, 1.82) is 0 Å². The quantitative estimate of drug-likeness (QED) is 0.825. The predicted molar refractivity (Wildman–Crippen MR) is 74.6 cm³/mol. The van der Waals surface area contributed by atoms with Crippen molar-refractivity contribution >= 4 is 0 Å². The molecule has 0 saturated heterocycles. The van der Waals surface area contributed by atoms with E-state index >= 15 is 0 Å². The minimum absolute atomic E-state index is 0.0443. The minimum atomic E-state index is -0.613. The van der Waals surface area contributed by atoms with Crippen molar-refractivity contribution in [3.63, 3.8) is 0 Å². The molecule has 0 aromatic heterocycles. The number of benzene rings is 2. The van der Waals surface area contributed by atoms with Crippen molar-refractivity contribution in [2.24, 2.45) is 0 Å². The summed E-state index contributed by atoms with van der Waals surface area (Å²) >= 11 is 0. The second-order valence-electron chi connectivity index (χ2n) is 4.05. The SMILES string of the molecule is C=C(O)C(Oc1ccccc1OC)c1ccccc1. The van der Waals surface area contributed by atoms with E-state index in [1.807, 2.05) is 42.5 Å². The van der Waals surface area contributed by atoms with Crippen LogP contribution in [0.25, 0.3) is 0 Å². The first-order chi connectivity index (χ1) is 9.22. The zero-order valence-electron chi connectivity index (χ0n) is 10.7. The van der Waals surface area contributed by atoms with Gasteiger partial charge in [-0.1, -0.05) is 49.0 Å². The predicted octanol–water partition coefficient (Wildman–Crippen LogP) is 3.89. The largest absolute Gasteiger partial charge is 0.509 e. The van der Waals surface area contributed by atoms with Crippen LogP contribution >= 0.6 is 0 Å². The average Bonchev–Trinajstić information content (AvgIpc) is 2.45. The molecule has 0 bridgehead atoms. The van der Waals surface area contributed by atoms with E-state index in [0.717, 1.165) is 5.56 Å². The molecule has 0 fully saturated rings. The van der Waals surface area contributed by atoms with Crippen LogP contribution in [0, 0.1) is 0 Å². The van der Waals surface area contributed by atoms with Crippen molar-refractivity contribution in [3.8, 4) is 11.5 Å². The van der Waals surface area contributed by atoms with Crippen molar-refractivity contribution in [2.75, 3.05) is 7.11 Å². The van der Waals surface area contributed by atoms with E-state index < -0.39 is 6.10 Å². The van der Waals surface area contributed by atoms with Gasteiger partial charge < -0.3 is 14.6 Å². The summed E-state index contributed by atoms with van der Waals surface area (Å²) < 4.78 is 11.0. The summed E-state index contributed by atoms with van der Waals surface area (Å²) in [7, 11) is 1.58. The Kier molecular flexibility index (Phi) is 4.08. The second kappa shape index (κ2) is 5.96. The fourth-order valence-corrected chi connectivity index (χ4v) is 1.80. The molecular weight excluding hydrogens is 240 g/mol. The first-order valence-corrected chi connectivity index (χ1v) is 5.94. The van der Waals surface area contributed by atoms with E-state index in [2.05, 4.69) is 6.58 Å². The molecule has 2 aromatic rings. The molecule has 0 heterocycles. The van der Waals surface area contributed by atoms with E-state index in [9.17, 15) is 5.11 Å². The smallest absolute Gasteiger partial charge is 0.180 e. The number of para-hydroxylation sites is 2. The van der Waals surface area contributed by atoms with Gasteiger partial charge in [0.05, 0.1) is 7.11 Å². The summed E-state index contributed by atoms with van der Waals surface area (Å²) in [6.07, 6.45) is -0.613. The summed E-state index contributed by atoms with van der Waals surface area (Å²) in [5, 5.41) is 9.73. The highest BCUT2D eigenvalue weighted by molar-refractivity contribution is 5.40. The zero-order chi connectivity index (χ0) is 13.7. The van der Waals surface area contributed by atoms with Gasteiger partial charge in [0.2, 0.25) is 0 Å². The maximum Gasteiger partial charge on any atom is 0.180 e. The van der Waals surface area contributed by atoms with E-state index in [1.165, 1.54) is 0 Å². The van der Waals surface area contributed by atoms with Crippen molar-refractivity contribution < 1.29 is 14.6 Å². The van der Waals surface area contributed by atoms with Crippen molar-refractivity contribution in [1.82, 2.24) is 0 Å². The summed E-state index contributed by atoms with van der Waals surface area (Å²) in [5.74, 6) is 1.14. The first-order valence-electron chi connectivity index (χ1n) is 5.94. The lowest BCUT2D eigenvalue weighted by atomic mass is 10.1. The van der Waals surface area contributed by atoms with Gasteiger partial charge in [0.25, 0.3) is 0 Å². The summed E-state index contributed by atoms with van der Waals surface area (Å²) in [6.45, 7) is 3.57. The third-order valence-corrected chi connectivity index (χ3v) is 2.72. The third-order valence-electron chi connectivity index (χ3n) is 2.72. The molecule has 1 N–H and O–H groups in total. The molecule has 0 saturated carbocycles. The van der Waals surface area contributed by atoms with Gasteiger partial charge >= 0.3 is 0 Å². The molecule has 1 unspecified atom stereocenters. The summed E-state index contributed by atoms with van der Waals surface area (Å²) in [4.78, 5) is 0. The lowest BCUT2D eigenvalue weighted by molar-refractivity contribution is 0.173. The topological polar surface area (TPSA) is 38.7 Å². The van der Waals surface area contributed by atoms with Crippen LogP contribution in [0.5, 0.6) is 11.5 Å². The Morgan fingerprint density at radius 2 is 1.58 bits per heavy atom. The molecule has 1 atom stereocenters. The van der Waals surface area contributed by atoms with E-state index in [1.54, 1.807) is 19.2 Å². The molecule has 3 heteroatoms. The Hall–Kier alpha value is -2.42. The normalized spacial score (nSPS) is 11.6. The maximum absolute atomic E-state index is 9.73. The van der Waals surface area contributed by atoms with Crippen LogP contribution in [0.4, 0.5) is 0 Å². The third kappa shape index (κ3) is 3.07. The van der Waals surface area contributed by atoms with Gasteiger partial charge in [-0.05, 0) is 17.7 Å². The second-order valence-corrected chi connectivity index (χ2v) is 4.05. The van der Waals surface area contributed by atoms with Gasteiger partial charge in [-0.2, -0.15) is 0 Å². The number of methoxy groups -OCH3 is 1. The molecule has 98 valence electrons. The van der Waals surface area contributed by atoms with Gasteiger partial charge in [0.15, 0.2) is 17.6 Å². The van der Waals surface area contributed by atoms with E-state index in [0.29, 0.717) is 11.5 Å². The summed E-state index contributed by atoms with van der Waals surface area (Å²) in [5.41, 5.74) is 0.834. The monoisotopic (exact) mass is 256 g/mol.